The molecule has 1 aliphatic heterocycles. The van der Waals surface area contributed by atoms with Gasteiger partial charge in [-0.1, -0.05) is 5.10 Å². The number of ether oxygens (including phenoxy) is 2. The fourth-order valence-electron chi connectivity index (χ4n) is 3.42. The van der Waals surface area contributed by atoms with Crippen molar-refractivity contribution in [2.24, 2.45) is 0 Å². The van der Waals surface area contributed by atoms with Gasteiger partial charge >= 0.3 is 6.01 Å². The minimum atomic E-state index is -3.69. The number of nitrogens with one attached hydrogen (secondary N) is 1. The summed E-state index contributed by atoms with van der Waals surface area (Å²) in [6, 6.07) is 12.6. The Morgan fingerprint density at radius 2 is 1.88 bits per heavy atom. The second kappa shape index (κ2) is 9.69. The van der Waals surface area contributed by atoms with E-state index >= 15 is 0 Å². The number of methoxy groups -OCH3 is 1. The molecule has 1 fully saturated rings. The number of hydrogen-bond acceptors (Lipinski definition) is 8. The van der Waals surface area contributed by atoms with Gasteiger partial charge in [0, 0.05) is 31.3 Å². The first-order chi connectivity index (χ1) is 15.9. The van der Waals surface area contributed by atoms with E-state index in [1.165, 1.54) is 35.6 Å². The first-order valence-electron chi connectivity index (χ1n) is 10.3. The standard InChI is InChI=1S/C22H24N4O6S/c1-26(14-18-4-3-13-31-18)33(28,29)19-11-7-15(8-12-19)20(27)23-22-25-24-21(32-22)16-5-9-17(30-2)10-6-16/h5-12,18H,3-4,13-14H2,1-2H3,(H,23,25,27)/t18-/m0/s1. The molecule has 2 aromatic carbocycles. The number of aromatic nitrogens is 2. The van der Waals surface area contributed by atoms with Gasteiger partial charge in [-0.15, -0.1) is 5.10 Å². The lowest BCUT2D eigenvalue weighted by atomic mass is 10.2. The number of amides is 1. The van der Waals surface area contributed by atoms with Crippen molar-refractivity contribution < 1.29 is 27.1 Å². The largest absolute Gasteiger partial charge is 0.497 e. The minimum Gasteiger partial charge on any atom is -0.497 e. The number of carbonyl (C=O) groups is 1. The normalized spacial score (nSPS) is 16.2. The topological polar surface area (TPSA) is 124 Å². The molecule has 1 atom stereocenters. The highest BCUT2D eigenvalue weighted by molar-refractivity contribution is 7.89. The van der Waals surface area contributed by atoms with Crippen LogP contribution in [0.25, 0.3) is 11.5 Å². The molecule has 0 radical (unpaired) electrons. The van der Waals surface area contributed by atoms with Gasteiger partial charge in [-0.3, -0.25) is 10.1 Å². The van der Waals surface area contributed by atoms with Crippen LogP contribution in [0.4, 0.5) is 6.01 Å². The van der Waals surface area contributed by atoms with Gasteiger partial charge in [-0.25, -0.2) is 8.42 Å². The lowest BCUT2D eigenvalue weighted by molar-refractivity contribution is 0.0979. The van der Waals surface area contributed by atoms with E-state index in [9.17, 15) is 13.2 Å². The average molecular weight is 473 g/mol. The van der Waals surface area contributed by atoms with Crippen molar-refractivity contribution >= 4 is 21.9 Å². The molecule has 4 rings (SSSR count). The molecule has 0 unspecified atom stereocenters. The van der Waals surface area contributed by atoms with E-state index < -0.39 is 15.9 Å². The zero-order valence-corrected chi connectivity index (χ0v) is 19.0. The Bertz CT molecular complexity index is 1200. The molecular weight excluding hydrogens is 448 g/mol. The molecule has 0 bridgehead atoms. The predicted octanol–water partition coefficient (Wildman–Crippen LogP) is 2.80. The van der Waals surface area contributed by atoms with Crippen molar-refractivity contribution in [3.05, 3.63) is 54.1 Å². The second-order valence-corrected chi connectivity index (χ2v) is 9.58. The number of sulfonamides is 1. The maximum Gasteiger partial charge on any atom is 0.322 e. The molecule has 0 spiro atoms. The Balaban J connectivity index is 1.40. The van der Waals surface area contributed by atoms with Crippen LogP contribution >= 0.6 is 0 Å². The summed E-state index contributed by atoms with van der Waals surface area (Å²) in [6.07, 6.45) is 1.69. The van der Waals surface area contributed by atoms with Crippen LogP contribution in [-0.2, 0) is 14.8 Å². The van der Waals surface area contributed by atoms with E-state index in [-0.39, 0.29) is 35.0 Å². The summed E-state index contributed by atoms with van der Waals surface area (Å²) in [5.74, 6) is 0.426. The summed E-state index contributed by atoms with van der Waals surface area (Å²) in [6.45, 7) is 0.947. The van der Waals surface area contributed by atoms with Gasteiger partial charge in [-0.2, -0.15) is 4.31 Å². The molecule has 1 saturated heterocycles. The van der Waals surface area contributed by atoms with Gasteiger partial charge in [0.1, 0.15) is 5.75 Å². The van der Waals surface area contributed by atoms with Crippen LogP contribution in [0.3, 0.4) is 0 Å². The van der Waals surface area contributed by atoms with Crippen LogP contribution < -0.4 is 10.1 Å². The third kappa shape index (κ3) is 5.21. The van der Waals surface area contributed by atoms with Crippen LogP contribution in [0.1, 0.15) is 23.2 Å². The van der Waals surface area contributed by atoms with Crippen LogP contribution in [0.2, 0.25) is 0 Å². The van der Waals surface area contributed by atoms with Gasteiger partial charge in [0.05, 0.1) is 18.1 Å². The number of nitrogens with zero attached hydrogens (tertiary/aromatic N) is 3. The summed E-state index contributed by atoms with van der Waals surface area (Å²) >= 11 is 0. The number of hydrogen-bond donors (Lipinski definition) is 1. The molecule has 1 amide bonds. The summed E-state index contributed by atoms with van der Waals surface area (Å²) in [4.78, 5) is 12.6. The maximum atomic E-state index is 12.8. The van der Waals surface area contributed by atoms with E-state index in [1.807, 2.05) is 0 Å². The number of likely N-dealkylation sites (N-methyl/N-ethyl adjacent to an activating group) is 1. The molecule has 1 N–H and O–H groups in total. The molecule has 174 valence electrons. The van der Waals surface area contributed by atoms with Crippen molar-refractivity contribution in [3.63, 3.8) is 0 Å². The fraction of sp³-hybridized carbons (Fsp3) is 0.318. The molecule has 2 heterocycles. The Labute approximate surface area is 191 Å². The van der Waals surface area contributed by atoms with Crippen molar-refractivity contribution in [2.75, 3.05) is 32.6 Å². The van der Waals surface area contributed by atoms with Gasteiger partial charge in [0.2, 0.25) is 15.9 Å². The van der Waals surface area contributed by atoms with Gasteiger partial charge in [0.25, 0.3) is 5.91 Å². The third-order valence-corrected chi connectivity index (χ3v) is 7.13. The zero-order chi connectivity index (χ0) is 23.4. The van der Waals surface area contributed by atoms with Gasteiger partial charge in [0.15, 0.2) is 0 Å². The van der Waals surface area contributed by atoms with Crippen LogP contribution in [0, 0.1) is 0 Å². The molecular formula is C22H24N4O6S. The quantitative estimate of drug-likeness (QED) is 0.531. The van der Waals surface area contributed by atoms with Crippen LogP contribution in [0.5, 0.6) is 5.75 Å². The van der Waals surface area contributed by atoms with Crippen molar-refractivity contribution in [1.29, 1.82) is 0 Å². The van der Waals surface area contributed by atoms with E-state index in [0.29, 0.717) is 17.9 Å². The van der Waals surface area contributed by atoms with Crippen molar-refractivity contribution in [3.8, 4) is 17.2 Å². The van der Waals surface area contributed by atoms with E-state index in [4.69, 9.17) is 13.9 Å². The molecule has 0 saturated carbocycles. The maximum absolute atomic E-state index is 12.8. The lowest BCUT2D eigenvalue weighted by Gasteiger charge is -2.20. The second-order valence-electron chi connectivity index (χ2n) is 7.54. The zero-order valence-electron chi connectivity index (χ0n) is 18.2. The van der Waals surface area contributed by atoms with Gasteiger partial charge < -0.3 is 13.9 Å². The Morgan fingerprint density at radius 1 is 1.15 bits per heavy atom. The third-order valence-electron chi connectivity index (χ3n) is 5.29. The molecule has 33 heavy (non-hydrogen) atoms. The molecule has 3 aromatic rings. The first kappa shape index (κ1) is 22.9. The SMILES string of the molecule is COc1ccc(-c2nnc(NC(=O)c3ccc(S(=O)(=O)N(C)C[C@@H]4CCCO4)cc3)o2)cc1. The van der Waals surface area contributed by atoms with E-state index in [1.54, 1.807) is 31.4 Å². The minimum absolute atomic E-state index is 0.0705. The lowest BCUT2D eigenvalue weighted by Crippen LogP contribution is -2.34. The molecule has 0 aliphatic carbocycles. The number of rotatable bonds is 8. The highest BCUT2D eigenvalue weighted by Gasteiger charge is 2.26. The summed E-state index contributed by atoms with van der Waals surface area (Å²) < 4.78 is 43.0. The van der Waals surface area contributed by atoms with Gasteiger partial charge in [-0.05, 0) is 61.4 Å². The Morgan fingerprint density at radius 3 is 2.52 bits per heavy atom. The number of benzene rings is 2. The highest BCUT2D eigenvalue weighted by atomic mass is 32.2. The number of anilines is 1. The Kier molecular flexibility index (Phi) is 6.72. The monoisotopic (exact) mass is 472 g/mol. The Hall–Kier alpha value is -3.28. The number of carbonyl (C=O) groups excluding carboxylic acids is 1. The highest BCUT2D eigenvalue weighted by Crippen LogP contribution is 2.23. The van der Waals surface area contributed by atoms with Crippen molar-refractivity contribution in [1.82, 2.24) is 14.5 Å². The van der Waals surface area contributed by atoms with E-state index in [0.717, 1.165) is 12.8 Å². The summed E-state index contributed by atoms with van der Waals surface area (Å²) in [7, 11) is -0.596. The summed E-state index contributed by atoms with van der Waals surface area (Å²) in [5, 5.41) is 10.3. The summed E-state index contributed by atoms with van der Waals surface area (Å²) in [5.41, 5.74) is 0.922. The van der Waals surface area contributed by atoms with Crippen molar-refractivity contribution in [2.45, 2.75) is 23.8 Å². The average Bonchev–Trinajstić information content (AvgIpc) is 3.51. The van der Waals surface area contributed by atoms with E-state index in [2.05, 4.69) is 15.5 Å². The predicted molar refractivity (Wildman–Crippen MR) is 119 cm³/mol. The van der Waals surface area contributed by atoms with Crippen LogP contribution in [-0.4, -0.2) is 62.2 Å². The molecule has 1 aliphatic rings. The molecule has 1 aromatic heterocycles. The molecule has 10 nitrogen and oxygen atoms in total. The first-order valence-corrected chi connectivity index (χ1v) is 11.8. The van der Waals surface area contributed by atoms with Crippen LogP contribution in [0.15, 0.2) is 57.8 Å². The smallest absolute Gasteiger partial charge is 0.322 e. The molecule has 11 heteroatoms. The fourth-order valence-corrected chi connectivity index (χ4v) is 4.63.